The van der Waals surface area contributed by atoms with Crippen LogP contribution >= 0.6 is 47.1 Å². The second-order valence-corrected chi connectivity index (χ2v) is 12.6. The van der Waals surface area contributed by atoms with E-state index in [1.54, 1.807) is 21.2 Å². The quantitative estimate of drug-likeness (QED) is 0.397. The van der Waals surface area contributed by atoms with Gasteiger partial charge in [-0.25, -0.2) is 0 Å². The fourth-order valence-corrected chi connectivity index (χ4v) is 8.39. The summed E-state index contributed by atoms with van der Waals surface area (Å²) < 4.78 is 3.48. The molecule has 5 rings (SSSR count). The van der Waals surface area contributed by atoms with Gasteiger partial charge in [0.05, 0.1) is 20.9 Å². The van der Waals surface area contributed by atoms with E-state index in [1.165, 1.54) is 44.8 Å². The van der Waals surface area contributed by atoms with Crippen molar-refractivity contribution >= 4 is 79.2 Å². The predicted octanol–water partition coefficient (Wildman–Crippen LogP) is 5.36. The first kappa shape index (κ1) is 26.0. The molecule has 2 aliphatic rings. The molecule has 0 N–H and O–H groups in total. The maximum absolute atomic E-state index is 13.5. The van der Waals surface area contributed by atoms with E-state index in [0.717, 1.165) is 22.8 Å². The number of carbonyl (C=O) groups excluding carboxylic acids is 1. The van der Waals surface area contributed by atoms with Crippen molar-refractivity contribution in [2.75, 3.05) is 16.3 Å². The van der Waals surface area contributed by atoms with Crippen molar-refractivity contribution < 1.29 is 4.79 Å². The molecule has 0 bridgehead atoms. The van der Waals surface area contributed by atoms with Crippen LogP contribution in [0.5, 0.6) is 0 Å². The third-order valence-electron chi connectivity index (χ3n) is 6.54. The van der Waals surface area contributed by atoms with Gasteiger partial charge in [-0.15, -0.1) is 11.3 Å². The number of nitrogens with zero attached hydrogens (tertiary/aromatic N) is 3. The minimum atomic E-state index is -0.183. The van der Waals surface area contributed by atoms with Crippen LogP contribution in [0.4, 0.5) is 11.4 Å². The zero-order chi connectivity index (χ0) is 26.4. The molecular formula is C28H27N3O2S4. The number of para-hydroxylation sites is 1. The molecule has 2 aliphatic heterocycles. The fraction of sp³-hybridized carbons (Fsp3) is 0.250. The number of fused-ring (bicyclic) bond motifs is 1. The van der Waals surface area contributed by atoms with E-state index in [4.69, 9.17) is 12.2 Å². The molecule has 1 fully saturated rings. The van der Waals surface area contributed by atoms with Crippen molar-refractivity contribution in [3.63, 3.8) is 0 Å². The van der Waals surface area contributed by atoms with E-state index in [2.05, 4.69) is 43.9 Å². The Morgan fingerprint density at radius 1 is 1.00 bits per heavy atom. The summed E-state index contributed by atoms with van der Waals surface area (Å²) in [6.07, 6.45) is 2.10. The van der Waals surface area contributed by atoms with Gasteiger partial charge in [0.25, 0.3) is 11.5 Å². The third-order valence-corrected chi connectivity index (χ3v) is 10.4. The topological polar surface area (TPSA) is 45.5 Å². The second-order valence-electron chi connectivity index (χ2n) is 8.88. The number of aryl methyl sites for hydroxylation is 2. The van der Waals surface area contributed by atoms with Crippen LogP contribution in [0.15, 0.2) is 63.3 Å². The number of thiocarbonyl (C=S) groups is 1. The standard InChI is InChI=1S/C28H27N3O2S4/c1-6-29-20-13-16(3)17(4)14-21(20)35-22(29)15-18(5)23-25(32)30(7-2)27(36-23)24-26(33)31(28(34)37-24)19-11-9-8-10-12-19/h8-15H,6-7H2,1-5H3/b22-15+,23-18+,27-24-. The maximum Gasteiger partial charge on any atom is 0.273 e. The highest BCUT2D eigenvalue weighted by atomic mass is 32.2. The van der Waals surface area contributed by atoms with Gasteiger partial charge in [0.1, 0.15) is 9.57 Å². The van der Waals surface area contributed by atoms with Crippen molar-refractivity contribution in [2.45, 2.75) is 46.1 Å². The minimum absolute atomic E-state index is 0.0722. The van der Waals surface area contributed by atoms with Crippen LogP contribution in [0, 0.1) is 13.8 Å². The summed E-state index contributed by atoms with van der Waals surface area (Å²) in [6.45, 7) is 11.6. The molecule has 3 heterocycles. The smallest absolute Gasteiger partial charge is 0.273 e. The lowest BCUT2D eigenvalue weighted by Gasteiger charge is -2.18. The summed E-state index contributed by atoms with van der Waals surface area (Å²) in [7, 11) is 0. The predicted molar refractivity (Wildman–Crippen MR) is 163 cm³/mol. The molecule has 1 aromatic heterocycles. The highest BCUT2D eigenvalue weighted by Gasteiger charge is 2.35. The summed E-state index contributed by atoms with van der Waals surface area (Å²) in [6, 6.07) is 13.9. The zero-order valence-corrected chi connectivity index (χ0v) is 24.6. The molecule has 3 aromatic rings. The number of thiazole rings is 1. The van der Waals surface area contributed by atoms with Crippen LogP contribution in [0.2, 0.25) is 0 Å². The van der Waals surface area contributed by atoms with Gasteiger partial charge in [-0.1, -0.05) is 53.9 Å². The number of carbonyl (C=O) groups is 1. The summed E-state index contributed by atoms with van der Waals surface area (Å²) in [5.74, 6) is -0.183. The Hall–Kier alpha value is -2.59. The van der Waals surface area contributed by atoms with Gasteiger partial charge in [0.15, 0.2) is 4.32 Å². The van der Waals surface area contributed by atoms with Gasteiger partial charge in [0, 0.05) is 18.0 Å². The molecule has 0 radical (unpaired) electrons. The van der Waals surface area contributed by atoms with Crippen molar-refractivity contribution in [1.29, 1.82) is 0 Å². The number of allylic oxidation sites excluding steroid dienone is 1. The van der Waals surface area contributed by atoms with Crippen molar-refractivity contribution in [3.8, 4) is 0 Å². The highest BCUT2D eigenvalue weighted by Crippen LogP contribution is 2.47. The van der Waals surface area contributed by atoms with Crippen LogP contribution in [0.1, 0.15) is 31.9 Å². The van der Waals surface area contributed by atoms with Crippen molar-refractivity contribution in [1.82, 2.24) is 4.57 Å². The van der Waals surface area contributed by atoms with Crippen LogP contribution in [0.25, 0.3) is 10.5 Å². The zero-order valence-electron chi connectivity index (χ0n) is 21.3. The number of benzene rings is 2. The van der Waals surface area contributed by atoms with E-state index < -0.39 is 0 Å². The number of thioether (sulfide) groups is 2. The highest BCUT2D eigenvalue weighted by molar-refractivity contribution is 8.31. The molecule has 190 valence electrons. The van der Waals surface area contributed by atoms with Gasteiger partial charge >= 0.3 is 0 Å². The van der Waals surface area contributed by atoms with E-state index in [-0.39, 0.29) is 11.5 Å². The molecule has 37 heavy (non-hydrogen) atoms. The first-order chi connectivity index (χ1) is 17.7. The number of hydrogen-bond donors (Lipinski definition) is 0. The molecule has 0 aliphatic carbocycles. The number of anilines is 2. The number of hydrogen-bond acceptors (Lipinski definition) is 7. The SMILES string of the molecule is CCN1/C(=C\C(C)=c2\s/c(=C3\SC(=S)N(c4ccccc4)C3=O)n(CC)c2=O)Sc2cc(C)c(C)cc21. The van der Waals surface area contributed by atoms with Crippen LogP contribution in [0.3, 0.4) is 0 Å². The second kappa shape index (κ2) is 10.3. The molecule has 0 saturated carbocycles. The molecule has 0 atom stereocenters. The maximum atomic E-state index is 13.5. The van der Waals surface area contributed by atoms with E-state index in [9.17, 15) is 9.59 Å². The molecular weight excluding hydrogens is 539 g/mol. The fourth-order valence-electron chi connectivity index (χ4n) is 4.45. The van der Waals surface area contributed by atoms with E-state index >= 15 is 0 Å². The molecule has 5 nitrogen and oxygen atoms in total. The lowest BCUT2D eigenvalue weighted by molar-refractivity contribution is -0.112. The van der Waals surface area contributed by atoms with E-state index in [1.807, 2.05) is 44.2 Å². The van der Waals surface area contributed by atoms with Gasteiger partial charge in [-0.05, 0) is 81.7 Å². The Kier molecular flexibility index (Phi) is 7.24. The number of amides is 1. The Morgan fingerprint density at radius 3 is 2.38 bits per heavy atom. The lowest BCUT2D eigenvalue weighted by atomic mass is 10.1. The summed E-state index contributed by atoms with van der Waals surface area (Å²) in [5.41, 5.74) is 5.31. The molecule has 1 saturated heterocycles. The summed E-state index contributed by atoms with van der Waals surface area (Å²) in [4.78, 5) is 32.6. The Labute approximate surface area is 234 Å². The molecule has 9 heteroatoms. The molecule has 0 unspecified atom stereocenters. The number of aromatic nitrogens is 1. The van der Waals surface area contributed by atoms with Gasteiger partial charge in [-0.2, -0.15) is 0 Å². The van der Waals surface area contributed by atoms with Gasteiger partial charge in [-0.3, -0.25) is 19.1 Å². The van der Waals surface area contributed by atoms with Crippen LogP contribution in [-0.4, -0.2) is 21.3 Å². The minimum Gasteiger partial charge on any atom is -0.335 e. The van der Waals surface area contributed by atoms with E-state index in [0.29, 0.717) is 25.0 Å². The van der Waals surface area contributed by atoms with Crippen molar-refractivity contribution in [3.05, 3.63) is 84.2 Å². The largest absolute Gasteiger partial charge is 0.335 e. The average molecular weight is 566 g/mol. The monoisotopic (exact) mass is 565 g/mol. The Balaban J connectivity index is 1.63. The molecule has 0 spiro atoms. The van der Waals surface area contributed by atoms with Gasteiger partial charge in [0.2, 0.25) is 0 Å². The lowest BCUT2D eigenvalue weighted by Crippen LogP contribution is -2.33. The summed E-state index contributed by atoms with van der Waals surface area (Å²) in [5, 5.41) is 1.10. The average Bonchev–Trinajstić information content (AvgIpc) is 3.49. The van der Waals surface area contributed by atoms with Crippen molar-refractivity contribution in [2.24, 2.45) is 0 Å². The Bertz CT molecular complexity index is 1650. The first-order valence-electron chi connectivity index (χ1n) is 12.1. The summed E-state index contributed by atoms with van der Waals surface area (Å²) >= 11 is 9.94. The van der Waals surface area contributed by atoms with Crippen LogP contribution in [-0.2, 0) is 11.3 Å². The number of rotatable bonds is 4. The van der Waals surface area contributed by atoms with Gasteiger partial charge < -0.3 is 4.90 Å². The molecule has 1 amide bonds. The van der Waals surface area contributed by atoms with Crippen LogP contribution < -0.4 is 24.6 Å². The molecule has 2 aromatic carbocycles. The third kappa shape index (κ3) is 4.52. The first-order valence-corrected chi connectivity index (χ1v) is 14.9. The normalized spacial score (nSPS) is 18.8. The Morgan fingerprint density at radius 2 is 1.70 bits per heavy atom.